The summed E-state index contributed by atoms with van der Waals surface area (Å²) in [6.07, 6.45) is -2.51. The van der Waals surface area contributed by atoms with Crippen LogP contribution < -0.4 is 10.6 Å². The normalized spacial score (nSPS) is 15.7. The van der Waals surface area contributed by atoms with Crippen LogP contribution in [-0.2, 0) is 22.3 Å². The molecular formula is C20H22F3N5O4. The number of hydrogen-bond acceptors (Lipinski definition) is 8. The number of carbonyl (C=O) groups is 1. The molecule has 0 spiro atoms. The van der Waals surface area contributed by atoms with E-state index in [1.807, 2.05) is 0 Å². The van der Waals surface area contributed by atoms with E-state index in [9.17, 15) is 28.1 Å². The summed E-state index contributed by atoms with van der Waals surface area (Å²) >= 11 is 0. The molecular weight excluding hydrogens is 431 g/mol. The van der Waals surface area contributed by atoms with Gasteiger partial charge in [0.1, 0.15) is 6.33 Å². The summed E-state index contributed by atoms with van der Waals surface area (Å²) < 4.78 is 44.9. The van der Waals surface area contributed by atoms with Crippen LogP contribution in [0.3, 0.4) is 0 Å². The fraction of sp³-hybridized carbons (Fsp3) is 0.450. The van der Waals surface area contributed by atoms with Crippen LogP contribution in [0.15, 0.2) is 30.6 Å². The molecule has 2 aromatic rings. The van der Waals surface area contributed by atoms with Crippen molar-refractivity contribution in [2.24, 2.45) is 5.92 Å². The van der Waals surface area contributed by atoms with E-state index >= 15 is 0 Å². The van der Waals surface area contributed by atoms with Crippen molar-refractivity contribution in [1.82, 2.24) is 15.3 Å². The minimum atomic E-state index is -4.57. The van der Waals surface area contributed by atoms with Crippen LogP contribution >= 0.6 is 0 Å². The zero-order chi connectivity index (χ0) is 23.1. The first-order valence-electron chi connectivity index (χ1n) is 9.99. The second-order valence-electron chi connectivity index (χ2n) is 7.37. The molecule has 2 N–H and O–H groups in total. The van der Waals surface area contributed by atoms with Crippen molar-refractivity contribution in [3.05, 3.63) is 57.5 Å². The molecule has 0 aliphatic carbocycles. The summed E-state index contributed by atoms with van der Waals surface area (Å²) in [5.41, 5.74) is -1.57. The highest BCUT2D eigenvalue weighted by Gasteiger charge is 2.34. The molecule has 9 nitrogen and oxygen atoms in total. The quantitative estimate of drug-likeness (QED) is 0.336. The molecule has 0 amide bonds. The third kappa shape index (κ3) is 5.69. The molecule has 1 aromatic carbocycles. The van der Waals surface area contributed by atoms with E-state index in [1.54, 1.807) is 0 Å². The molecule has 1 aliphatic heterocycles. The fourth-order valence-corrected chi connectivity index (χ4v) is 3.79. The first-order valence-corrected chi connectivity index (χ1v) is 9.99. The van der Waals surface area contributed by atoms with Gasteiger partial charge >= 0.3 is 11.9 Å². The van der Waals surface area contributed by atoms with Gasteiger partial charge in [0.2, 0.25) is 5.82 Å². The van der Waals surface area contributed by atoms with Crippen molar-refractivity contribution in [2.45, 2.75) is 38.1 Å². The Morgan fingerprint density at radius 3 is 2.66 bits per heavy atom. The summed E-state index contributed by atoms with van der Waals surface area (Å²) in [5.74, 6) is -0.0763. The summed E-state index contributed by atoms with van der Waals surface area (Å²) in [6, 6.07) is 4.92. The fourth-order valence-electron chi connectivity index (χ4n) is 3.79. The molecule has 1 saturated heterocycles. The van der Waals surface area contributed by atoms with Crippen molar-refractivity contribution in [3.8, 4) is 0 Å². The second-order valence-corrected chi connectivity index (χ2v) is 7.37. The number of ether oxygens (including phenoxy) is 1. The van der Waals surface area contributed by atoms with Crippen LogP contribution in [-0.4, -0.2) is 34.5 Å². The lowest BCUT2D eigenvalue weighted by atomic mass is 9.90. The molecule has 12 heteroatoms. The highest BCUT2D eigenvalue weighted by molar-refractivity contribution is 5.59. The van der Waals surface area contributed by atoms with E-state index in [0.717, 1.165) is 38.3 Å². The van der Waals surface area contributed by atoms with Gasteiger partial charge in [0.25, 0.3) is 6.47 Å². The van der Waals surface area contributed by atoms with Crippen molar-refractivity contribution in [2.75, 3.05) is 18.4 Å². The second kappa shape index (κ2) is 10.4. The zero-order valence-corrected chi connectivity index (χ0v) is 17.0. The Balaban J connectivity index is 1.89. The van der Waals surface area contributed by atoms with Gasteiger partial charge in [-0.3, -0.25) is 14.9 Å². The SMILES string of the molecule is O=COC(CC1CCNCC1)c1ncnc(NCc2ccccc2C(F)(F)F)c1[N+](=O)[O-]. The molecule has 1 atom stereocenters. The number of rotatable bonds is 9. The van der Waals surface area contributed by atoms with Crippen LogP contribution in [0.1, 0.15) is 42.2 Å². The Morgan fingerprint density at radius 2 is 2.00 bits per heavy atom. The van der Waals surface area contributed by atoms with Gasteiger partial charge in [0, 0.05) is 6.54 Å². The van der Waals surface area contributed by atoms with E-state index in [1.165, 1.54) is 18.2 Å². The van der Waals surface area contributed by atoms with Gasteiger partial charge in [-0.15, -0.1) is 0 Å². The Morgan fingerprint density at radius 1 is 1.28 bits per heavy atom. The van der Waals surface area contributed by atoms with Crippen molar-refractivity contribution in [1.29, 1.82) is 0 Å². The number of piperidine rings is 1. The van der Waals surface area contributed by atoms with Gasteiger partial charge in [0.05, 0.1) is 10.5 Å². The monoisotopic (exact) mass is 453 g/mol. The van der Waals surface area contributed by atoms with E-state index in [-0.39, 0.29) is 36.0 Å². The molecule has 0 radical (unpaired) electrons. The van der Waals surface area contributed by atoms with Crippen molar-refractivity contribution in [3.63, 3.8) is 0 Å². The number of nitrogens with one attached hydrogen (secondary N) is 2. The lowest BCUT2D eigenvalue weighted by Gasteiger charge is -2.26. The Labute approximate surface area is 181 Å². The van der Waals surface area contributed by atoms with Crippen molar-refractivity contribution >= 4 is 18.0 Å². The van der Waals surface area contributed by atoms with Crippen molar-refractivity contribution < 1.29 is 27.6 Å². The minimum absolute atomic E-state index is 0.0927. The summed E-state index contributed by atoms with van der Waals surface area (Å²) in [4.78, 5) is 30.0. The minimum Gasteiger partial charge on any atom is -0.458 e. The first-order chi connectivity index (χ1) is 15.3. The maximum absolute atomic E-state index is 13.2. The van der Waals surface area contributed by atoms with Gasteiger partial charge in [-0.25, -0.2) is 9.97 Å². The van der Waals surface area contributed by atoms with Gasteiger partial charge < -0.3 is 15.4 Å². The zero-order valence-electron chi connectivity index (χ0n) is 17.0. The maximum atomic E-state index is 13.2. The highest BCUT2D eigenvalue weighted by Crippen LogP contribution is 2.37. The number of hydrogen-bond donors (Lipinski definition) is 2. The van der Waals surface area contributed by atoms with Gasteiger partial charge in [-0.05, 0) is 49.9 Å². The van der Waals surface area contributed by atoms with Crippen LogP contribution in [0, 0.1) is 16.0 Å². The molecule has 2 heterocycles. The predicted octanol–water partition coefficient (Wildman–Crippen LogP) is 3.62. The average Bonchev–Trinajstić information content (AvgIpc) is 2.77. The smallest absolute Gasteiger partial charge is 0.416 e. The number of benzene rings is 1. The number of aromatic nitrogens is 2. The molecule has 1 aromatic heterocycles. The summed E-state index contributed by atoms with van der Waals surface area (Å²) in [5, 5.41) is 17.7. The topological polar surface area (TPSA) is 119 Å². The molecule has 1 fully saturated rings. The van der Waals surface area contributed by atoms with Gasteiger partial charge in [-0.1, -0.05) is 18.2 Å². The van der Waals surface area contributed by atoms with E-state index in [0.29, 0.717) is 6.42 Å². The van der Waals surface area contributed by atoms with Gasteiger partial charge in [0.15, 0.2) is 11.8 Å². The number of alkyl halides is 3. The standard InChI is InChI=1S/C20H22F3N5O4/c21-20(22,23)15-4-2-1-3-14(15)10-25-19-18(28(30)31)17(26-11-27-19)16(32-12-29)9-13-5-7-24-8-6-13/h1-4,11-13,16,24H,5-10H2,(H,25,26,27). The number of carbonyl (C=O) groups excluding carboxylic acids is 1. The van der Waals surface area contributed by atoms with E-state index < -0.39 is 28.5 Å². The largest absolute Gasteiger partial charge is 0.458 e. The lowest BCUT2D eigenvalue weighted by Crippen LogP contribution is -2.29. The van der Waals surface area contributed by atoms with Crippen LogP contribution in [0.4, 0.5) is 24.7 Å². The number of anilines is 1. The Kier molecular flexibility index (Phi) is 7.57. The molecule has 3 rings (SSSR count). The first kappa shape index (κ1) is 23.4. The van der Waals surface area contributed by atoms with Crippen LogP contribution in [0.5, 0.6) is 0 Å². The summed E-state index contributed by atoms with van der Waals surface area (Å²) in [7, 11) is 0. The third-order valence-electron chi connectivity index (χ3n) is 5.33. The van der Waals surface area contributed by atoms with Gasteiger partial charge in [-0.2, -0.15) is 13.2 Å². The average molecular weight is 453 g/mol. The summed E-state index contributed by atoms with van der Waals surface area (Å²) in [6.45, 7) is 1.44. The molecule has 1 aliphatic rings. The molecule has 32 heavy (non-hydrogen) atoms. The Bertz CT molecular complexity index is 951. The molecule has 172 valence electrons. The van der Waals surface area contributed by atoms with E-state index in [2.05, 4.69) is 20.6 Å². The third-order valence-corrected chi connectivity index (χ3v) is 5.33. The Hall–Kier alpha value is -3.28. The maximum Gasteiger partial charge on any atom is 0.416 e. The van der Waals surface area contributed by atoms with E-state index in [4.69, 9.17) is 4.74 Å². The van der Waals surface area contributed by atoms with Crippen LogP contribution in [0.2, 0.25) is 0 Å². The lowest BCUT2D eigenvalue weighted by molar-refractivity contribution is -0.385. The van der Waals surface area contributed by atoms with Crippen LogP contribution in [0.25, 0.3) is 0 Å². The number of nitro groups is 1. The highest BCUT2D eigenvalue weighted by atomic mass is 19.4. The molecule has 1 unspecified atom stereocenters. The predicted molar refractivity (Wildman–Crippen MR) is 108 cm³/mol. The number of halogens is 3. The molecule has 0 bridgehead atoms. The number of nitrogens with zero attached hydrogens (tertiary/aromatic N) is 3. The molecule has 0 saturated carbocycles.